The molecular weight excluding hydrogens is 405 g/mol. The van der Waals surface area contributed by atoms with E-state index in [1.165, 1.54) is 0 Å². The van der Waals surface area contributed by atoms with Gasteiger partial charge in [0.05, 0.1) is 10.6 Å². The number of phenols is 1. The van der Waals surface area contributed by atoms with Gasteiger partial charge in [-0.2, -0.15) is 13.2 Å². The summed E-state index contributed by atoms with van der Waals surface area (Å²) in [5.74, 6) is 0.580. The van der Waals surface area contributed by atoms with Crippen molar-refractivity contribution in [3.8, 4) is 5.75 Å². The van der Waals surface area contributed by atoms with Gasteiger partial charge in [-0.1, -0.05) is 17.7 Å². The van der Waals surface area contributed by atoms with E-state index >= 15 is 0 Å². The Hall–Kier alpha value is -2.58. The maximum atomic E-state index is 12.8. The van der Waals surface area contributed by atoms with Crippen molar-refractivity contribution in [2.75, 3.05) is 31.1 Å². The van der Waals surface area contributed by atoms with E-state index in [1.807, 2.05) is 17.0 Å². The van der Waals surface area contributed by atoms with Gasteiger partial charge in [0.25, 0.3) is 0 Å². The molecule has 1 N–H and O–H groups in total. The lowest BCUT2D eigenvalue weighted by molar-refractivity contribution is -0.137. The Morgan fingerprint density at radius 2 is 1.83 bits per heavy atom. The van der Waals surface area contributed by atoms with Crippen LogP contribution in [0.4, 0.5) is 19.0 Å². The average molecular weight is 423 g/mol. The van der Waals surface area contributed by atoms with Gasteiger partial charge in [-0.3, -0.25) is 9.88 Å². The monoisotopic (exact) mass is 422 g/mol. The molecule has 5 nitrogen and oxygen atoms in total. The highest BCUT2D eigenvalue weighted by atomic mass is 35.5. The predicted molar refractivity (Wildman–Crippen MR) is 105 cm³/mol. The summed E-state index contributed by atoms with van der Waals surface area (Å²) in [5, 5.41) is 12.2. The van der Waals surface area contributed by atoms with E-state index in [0.29, 0.717) is 38.5 Å². The van der Waals surface area contributed by atoms with E-state index < -0.39 is 11.7 Å². The highest BCUT2D eigenvalue weighted by molar-refractivity contribution is 6.33. The largest absolute Gasteiger partial charge is 0.508 e. The molecule has 0 unspecified atom stereocenters. The number of benzene rings is 1. The Kier molecular flexibility index (Phi) is 5.23. The van der Waals surface area contributed by atoms with Gasteiger partial charge < -0.3 is 10.0 Å². The molecule has 0 radical (unpaired) electrons. The molecule has 0 aliphatic carbocycles. The van der Waals surface area contributed by atoms with Crippen molar-refractivity contribution in [1.29, 1.82) is 0 Å². The lowest BCUT2D eigenvalue weighted by Crippen LogP contribution is -2.46. The lowest BCUT2D eigenvalue weighted by Gasteiger charge is -2.36. The smallest absolute Gasteiger partial charge is 0.417 e. The zero-order valence-electron chi connectivity index (χ0n) is 15.3. The number of aromatic hydroxyl groups is 1. The summed E-state index contributed by atoms with van der Waals surface area (Å²) in [6.07, 6.45) is -0.201. The third-order valence-electron chi connectivity index (χ3n) is 5.11. The topological polar surface area (TPSA) is 52.5 Å². The molecule has 0 atom stereocenters. The number of piperazine rings is 1. The molecule has 0 bridgehead atoms. The van der Waals surface area contributed by atoms with Gasteiger partial charge in [0.2, 0.25) is 0 Å². The molecule has 0 saturated carbocycles. The number of nitrogens with zero attached hydrogens (tertiary/aromatic N) is 4. The third kappa shape index (κ3) is 4.09. The van der Waals surface area contributed by atoms with Crippen LogP contribution in [0.2, 0.25) is 5.02 Å². The lowest BCUT2D eigenvalue weighted by atomic mass is 10.0. The second-order valence-electron chi connectivity index (χ2n) is 6.95. The van der Waals surface area contributed by atoms with E-state index in [-0.39, 0.29) is 10.8 Å². The fraction of sp³-hybridized carbons (Fsp3) is 0.300. The van der Waals surface area contributed by atoms with Crippen LogP contribution in [0.1, 0.15) is 11.1 Å². The fourth-order valence-corrected chi connectivity index (χ4v) is 3.82. The minimum atomic E-state index is -4.47. The minimum absolute atomic E-state index is 0.00829. The van der Waals surface area contributed by atoms with Gasteiger partial charge >= 0.3 is 6.18 Å². The van der Waals surface area contributed by atoms with Crippen molar-refractivity contribution >= 4 is 28.2 Å². The predicted octanol–water partition coefficient (Wildman–Crippen LogP) is 4.33. The van der Waals surface area contributed by atoms with Gasteiger partial charge in [0.1, 0.15) is 11.6 Å². The Bertz CT molecular complexity index is 1040. The fourth-order valence-electron chi connectivity index (χ4n) is 3.54. The number of hydrogen-bond donors (Lipinski definition) is 1. The van der Waals surface area contributed by atoms with Gasteiger partial charge in [-0.05, 0) is 23.6 Å². The Morgan fingerprint density at radius 1 is 1.07 bits per heavy atom. The average Bonchev–Trinajstić information content (AvgIpc) is 2.70. The zero-order valence-corrected chi connectivity index (χ0v) is 16.1. The summed E-state index contributed by atoms with van der Waals surface area (Å²) >= 11 is 6.06. The van der Waals surface area contributed by atoms with Gasteiger partial charge in [0.15, 0.2) is 0 Å². The quantitative estimate of drug-likeness (QED) is 0.681. The molecule has 3 aromatic rings. The first-order chi connectivity index (χ1) is 13.8. The van der Waals surface area contributed by atoms with E-state index in [2.05, 4.69) is 14.9 Å². The summed E-state index contributed by atoms with van der Waals surface area (Å²) < 4.78 is 38.4. The van der Waals surface area contributed by atoms with Crippen LogP contribution in [0, 0.1) is 0 Å². The van der Waals surface area contributed by atoms with Crippen molar-refractivity contribution in [2.24, 2.45) is 0 Å². The molecule has 1 aliphatic heterocycles. The summed E-state index contributed by atoms with van der Waals surface area (Å²) in [4.78, 5) is 12.1. The molecule has 9 heteroatoms. The third-order valence-corrected chi connectivity index (χ3v) is 5.39. The number of pyridine rings is 2. The number of aromatic nitrogens is 2. The van der Waals surface area contributed by atoms with Crippen molar-refractivity contribution in [3.05, 3.63) is 59.0 Å². The second kappa shape index (κ2) is 7.68. The molecule has 2 aromatic heterocycles. The van der Waals surface area contributed by atoms with Gasteiger partial charge in [-0.25, -0.2) is 4.98 Å². The molecule has 0 spiro atoms. The standard InChI is InChI=1S/C20H18ClF3N4O/c21-17-9-14(20(22,23)24)10-26-19(17)28-7-5-27(6-8-28)12-16-15-11-25-4-3-13(15)1-2-18(16)29/h1-4,9-11,29H,5-8,12H2. The molecule has 29 heavy (non-hydrogen) atoms. The van der Waals surface area contributed by atoms with Gasteiger partial charge in [0, 0.05) is 62.3 Å². The van der Waals surface area contributed by atoms with Crippen LogP contribution < -0.4 is 4.90 Å². The minimum Gasteiger partial charge on any atom is -0.508 e. The molecule has 3 heterocycles. The number of phenolic OH excluding ortho intramolecular Hbond substituents is 1. The van der Waals surface area contributed by atoms with Gasteiger partial charge in [-0.15, -0.1) is 0 Å². The van der Waals surface area contributed by atoms with E-state index in [1.54, 1.807) is 18.5 Å². The molecular formula is C20H18ClF3N4O. The Morgan fingerprint density at radius 3 is 2.52 bits per heavy atom. The molecule has 0 amide bonds. The van der Waals surface area contributed by atoms with Crippen LogP contribution in [0.3, 0.4) is 0 Å². The molecule has 1 fully saturated rings. The first-order valence-electron chi connectivity index (χ1n) is 9.07. The van der Waals surface area contributed by atoms with Crippen molar-refractivity contribution < 1.29 is 18.3 Å². The second-order valence-corrected chi connectivity index (χ2v) is 7.36. The van der Waals surface area contributed by atoms with Crippen LogP contribution in [0.25, 0.3) is 10.8 Å². The number of alkyl halides is 3. The molecule has 4 rings (SSSR count). The number of halogens is 4. The summed E-state index contributed by atoms with van der Waals surface area (Å²) in [6.45, 7) is 3.02. The van der Waals surface area contributed by atoms with Crippen molar-refractivity contribution in [2.45, 2.75) is 12.7 Å². The van der Waals surface area contributed by atoms with Crippen LogP contribution in [-0.4, -0.2) is 46.2 Å². The summed E-state index contributed by atoms with van der Waals surface area (Å²) in [7, 11) is 0. The summed E-state index contributed by atoms with van der Waals surface area (Å²) in [5.41, 5.74) is -0.0420. The van der Waals surface area contributed by atoms with E-state index in [4.69, 9.17) is 11.6 Å². The Balaban J connectivity index is 1.46. The van der Waals surface area contributed by atoms with Crippen LogP contribution in [0.5, 0.6) is 5.75 Å². The molecule has 1 aliphatic rings. The highest BCUT2D eigenvalue weighted by Crippen LogP contribution is 2.34. The number of fused-ring (bicyclic) bond motifs is 1. The molecule has 1 saturated heterocycles. The number of hydrogen-bond acceptors (Lipinski definition) is 5. The highest BCUT2D eigenvalue weighted by Gasteiger charge is 2.32. The van der Waals surface area contributed by atoms with Crippen LogP contribution in [-0.2, 0) is 12.7 Å². The molecule has 152 valence electrons. The SMILES string of the molecule is Oc1ccc2ccncc2c1CN1CCN(c2ncc(C(F)(F)F)cc2Cl)CC1. The van der Waals surface area contributed by atoms with Crippen molar-refractivity contribution in [3.63, 3.8) is 0 Å². The maximum Gasteiger partial charge on any atom is 0.417 e. The first-order valence-corrected chi connectivity index (χ1v) is 9.45. The number of anilines is 1. The first kappa shape index (κ1) is 19.7. The Labute approximate surface area is 170 Å². The normalized spacial score (nSPS) is 15.8. The zero-order chi connectivity index (χ0) is 20.6. The number of rotatable bonds is 3. The van der Waals surface area contributed by atoms with Crippen molar-refractivity contribution in [1.82, 2.24) is 14.9 Å². The van der Waals surface area contributed by atoms with Crippen LogP contribution >= 0.6 is 11.6 Å². The molecule has 1 aromatic carbocycles. The van der Waals surface area contributed by atoms with E-state index in [0.717, 1.165) is 28.6 Å². The maximum absolute atomic E-state index is 12.8. The summed E-state index contributed by atoms with van der Waals surface area (Å²) in [6, 6.07) is 6.35. The van der Waals surface area contributed by atoms with Crippen LogP contribution in [0.15, 0.2) is 42.9 Å². The van der Waals surface area contributed by atoms with E-state index in [9.17, 15) is 18.3 Å².